The quantitative estimate of drug-likeness (QED) is 0.540. The van der Waals surface area contributed by atoms with E-state index in [1.807, 2.05) is 0 Å². The van der Waals surface area contributed by atoms with E-state index in [9.17, 15) is 0 Å². The minimum atomic E-state index is 0.952. The summed E-state index contributed by atoms with van der Waals surface area (Å²) in [6, 6.07) is 0. The molecule has 0 aromatic carbocycles. The second-order valence-electron chi connectivity index (χ2n) is 4.44. The van der Waals surface area contributed by atoms with Crippen molar-refractivity contribution in [2.75, 3.05) is 0 Å². The van der Waals surface area contributed by atoms with E-state index in [2.05, 4.69) is 27.7 Å². The smallest absolute Gasteiger partial charge is 0.0386 e. The van der Waals surface area contributed by atoms with Gasteiger partial charge in [-0.15, -0.1) is 0 Å². The Morgan fingerprint density at radius 2 is 1.64 bits per heavy atom. The van der Waals surface area contributed by atoms with Gasteiger partial charge in [-0.1, -0.05) is 40.5 Å². The SMILES string of the molecule is CC[C@H]1CC[C@@H](C)[C@@H](C)[C@H]1C. The van der Waals surface area contributed by atoms with Crippen LogP contribution in [0.1, 0.15) is 47.0 Å². The Bertz CT molecular complexity index is 115. The summed E-state index contributed by atoms with van der Waals surface area (Å²) in [7, 11) is 0. The average molecular weight is 154 g/mol. The minimum absolute atomic E-state index is 0.952. The van der Waals surface area contributed by atoms with E-state index in [4.69, 9.17) is 0 Å². The van der Waals surface area contributed by atoms with Gasteiger partial charge >= 0.3 is 0 Å². The highest BCUT2D eigenvalue weighted by atomic mass is 14.4. The van der Waals surface area contributed by atoms with Gasteiger partial charge in [-0.05, 0) is 30.1 Å². The fourth-order valence-electron chi connectivity index (χ4n) is 2.53. The summed E-state index contributed by atoms with van der Waals surface area (Å²) < 4.78 is 0. The van der Waals surface area contributed by atoms with Crippen LogP contribution in [0.3, 0.4) is 0 Å². The van der Waals surface area contributed by atoms with Crippen LogP contribution < -0.4 is 0 Å². The van der Waals surface area contributed by atoms with Crippen molar-refractivity contribution in [1.82, 2.24) is 0 Å². The average Bonchev–Trinajstić information content (AvgIpc) is 2.01. The Morgan fingerprint density at radius 3 is 2.18 bits per heavy atom. The zero-order chi connectivity index (χ0) is 8.43. The zero-order valence-electron chi connectivity index (χ0n) is 8.43. The normalized spacial score (nSPS) is 45.8. The fraction of sp³-hybridized carbons (Fsp3) is 1.00. The van der Waals surface area contributed by atoms with Crippen LogP contribution in [0.25, 0.3) is 0 Å². The van der Waals surface area contributed by atoms with Gasteiger partial charge in [0.2, 0.25) is 0 Å². The van der Waals surface area contributed by atoms with Crippen LogP contribution >= 0.6 is 0 Å². The molecule has 0 spiro atoms. The van der Waals surface area contributed by atoms with E-state index in [0.717, 1.165) is 23.7 Å². The summed E-state index contributed by atoms with van der Waals surface area (Å²) in [4.78, 5) is 0. The van der Waals surface area contributed by atoms with Crippen molar-refractivity contribution < 1.29 is 0 Å². The minimum Gasteiger partial charge on any atom is -0.0651 e. The van der Waals surface area contributed by atoms with Gasteiger partial charge in [0.25, 0.3) is 0 Å². The molecule has 0 unspecified atom stereocenters. The van der Waals surface area contributed by atoms with Crippen molar-refractivity contribution in [2.24, 2.45) is 23.7 Å². The van der Waals surface area contributed by atoms with Gasteiger partial charge in [-0.2, -0.15) is 0 Å². The van der Waals surface area contributed by atoms with E-state index in [0.29, 0.717) is 0 Å². The monoisotopic (exact) mass is 154 g/mol. The molecule has 1 saturated carbocycles. The molecule has 0 saturated heterocycles. The first-order valence-corrected chi connectivity index (χ1v) is 5.16. The molecule has 66 valence electrons. The molecule has 0 aliphatic heterocycles. The molecule has 0 aromatic rings. The van der Waals surface area contributed by atoms with E-state index in [1.165, 1.54) is 19.3 Å². The summed E-state index contributed by atoms with van der Waals surface area (Å²) in [5, 5.41) is 0. The molecule has 11 heavy (non-hydrogen) atoms. The molecule has 1 fully saturated rings. The van der Waals surface area contributed by atoms with Gasteiger partial charge in [0.1, 0.15) is 0 Å². The van der Waals surface area contributed by atoms with E-state index >= 15 is 0 Å². The molecular weight excluding hydrogens is 132 g/mol. The highest BCUT2D eigenvalue weighted by molar-refractivity contribution is 4.80. The summed E-state index contributed by atoms with van der Waals surface area (Å²) in [5.41, 5.74) is 0. The molecule has 0 heterocycles. The molecule has 0 bridgehead atoms. The van der Waals surface area contributed by atoms with E-state index in [-0.39, 0.29) is 0 Å². The van der Waals surface area contributed by atoms with Crippen LogP contribution in [0.15, 0.2) is 0 Å². The fourth-order valence-corrected chi connectivity index (χ4v) is 2.53. The lowest BCUT2D eigenvalue weighted by molar-refractivity contribution is 0.123. The Balaban J connectivity index is 2.52. The zero-order valence-corrected chi connectivity index (χ0v) is 8.43. The highest BCUT2D eigenvalue weighted by Gasteiger charge is 2.30. The predicted molar refractivity (Wildman–Crippen MR) is 50.5 cm³/mol. The molecule has 0 radical (unpaired) electrons. The molecule has 1 rings (SSSR count). The maximum Gasteiger partial charge on any atom is -0.0386 e. The Morgan fingerprint density at radius 1 is 1.00 bits per heavy atom. The van der Waals surface area contributed by atoms with Crippen LogP contribution in [0.4, 0.5) is 0 Å². The van der Waals surface area contributed by atoms with Crippen molar-refractivity contribution in [3.8, 4) is 0 Å². The van der Waals surface area contributed by atoms with Crippen LogP contribution in [-0.2, 0) is 0 Å². The Hall–Kier alpha value is 0. The largest absolute Gasteiger partial charge is 0.0651 e. The summed E-state index contributed by atoms with van der Waals surface area (Å²) in [6.45, 7) is 9.61. The van der Waals surface area contributed by atoms with Crippen LogP contribution in [0.5, 0.6) is 0 Å². The molecule has 0 aromatic heterocycles. The van der Waals surface area contributed by atoms with E-state index in [1.54, 1.807) is 0 Å². The Labute approximate surface area is 71.4 Å². The van der Waals surface area contributed by atoms with Gasteiger partial charge in [-0.25, -0.2) is 0 Å². The molecule has 1 aliphatic rings. The van der Waals surface area contributed by atoms with Crippen LogP contribution in [0, 0.1) is 23.7 Å². The maximum atomic E-state index is 2.44. The second kappa shape index (κ2) is 3.60. The molecule has 0 heteroatoms. The van der Waals surface area contributed by atoms with Gasteiger partial charge in [-0.3, -0.25) is 0 Å². The first-order chi connectivity index (χ1) is 5.16. The van der Waals surface area contributed by atoms with Gasteiger partial charge < -0.3 is 0 Å². The molecule has 0 nitrogen and oxygen atoms in total. The first kappa shape index (κ1) is 9.09. The highest BCUT2D eigenvalue weighted by Crippen LogP contribution is 2.39. The van der Waals surface area contributed by atoms with E-state index < -0.39 is 0 Å². The lowest BCUT2D eigenvalue weighted by atomic mass is 9.68. The van der Waals surface area contributed by atoms with Gasteiger partial charge in [0, 0.05) is 0 Å². The number of rotatable bonds is 1. The number of hydrogen-bond donors (Lipinski definition) is 0. The summed E-state index contributed by atoms with van der Waals surface area (Å²) in [5.74, 6) is 3.89. The molecule has 0 amide bonds. The first-order valence-electron chi connectivity index (χ1n) is 5.16. The topological polar surface area (TPSA) is 0 Å². The van der Waals surface area contributed by atoms with Crippen molar-refractivity contribution in [3.63, 3.8) is 0 Å². The molecule has 1 aliphatic carbocycles. The van der Waals surface area contributed by atoms with Crippen molar-refractivity contribution >= 4 is 0 Å². The molecular formula is C11H22. The molecule has 4 atom stereocenters. The maximum absolute atomic E-state index is 2.44. The van der Waals surface area contributed by atoms with Gasteiger partial charge in [0.15, 0.2) is 0 Å². The van der Waals surface area contributed by atoms with Crippen molar-refractivity contribution in [1.29, 1.82) is 0 Å². The third kappa shape index (κ3) is 1.77. The predicted octanol–water partition coefficient (Wildman–Crippen LogP) is 3.71. The summed E-state index contributed by atoms with van der Waals surface area (Å²) >= 11 is 0. The summed E-state index contributed by atoms with van der Waals surface area (Å²) in [6.07, 6.45) is 4.32. The lowest BCUT2D eigenvalue weighted by Gasteiger charge is -2.38. The third-order valence-electron chi connectivity index (χ3n) is 3.99. The number of hydrogen-bond acceptors (Lipinski definition) is 0. The second-order valence-corrected chi connectivity index (χ2v) is 4.44. The standard InChI is InChI=1S/C11H22/c1-5-11-7-6-8(2)9(3)10(11)4/h8-11H,5-7H2,1-4H3/t8-,9-,10-,11+/m1/s1. The lowest BCUT2D eigenvalue weighted by Crippen LogP contribution is -2.29. The van der Waals surface area contributed by atoms with Crippen molar-refractivity contribution in [2.45, 2.75) is 47.0 Å². The van der Waals surface area contributed by atoms with Gasteiger partial charge in [0.05, 0.1) is 0 Å². The third-order valence-corrected chi connectivity index (χ3v) is 3.99. The Kier molecular flexibility index (Phi) is 2.98. The van der Waals surface area contributed by atoms with Crippen LogP contribution in [0.2, 0.25) is 0 Å². The molecule has 0 N–H and O–H groups in total. The van der Waals surface area contributed by atoms with Crippen LogP contribution in [-0.4, -0.2) is 0 Å². The van der Waals surface area contributed by atoms with Crippen molar-refractivity contribution in [3.05, 3.63) is 0 Å².